The summed E-state index contributed by atoms with van der Waals surface area (Å²) in [5.74, 6) is 0.124. The van der Waals surface area contributed by atoms with Gasteiger partial charge in [-0.05, 0) is 36.2 Å². The Kier molecular flexibility index (Phi) is 8.09. The number of carbonyl (C=O) groups excluding carboxylic acids is 1. The van der Waals surface area contributed by atoms with Crippen molar-refractivity contribution in [2.45, 2.75) is 31.7 Å². The van der Waals surface area contributed by atoms with Gasteiger partial charge in [0.15, 0.2) is 5.78 Å². The number of aromatic nitrogens is 2. The maximum absolute atomic E-state index is 12.8. The van der Waals surface area contributed by atoms with Crippen LogP contribution in [0.3, 0.4) is 0 Å². The van der Waals surface area contributed by atoms with Gasteiger partial charge in [0.25, 0.3) is 0 Å². The summed E-state index contributed by atoms with van der Waals surface area (Å²) in [7, 11) is 0. The van der Waals surface area contributed by atoms with Gasteiger partial charge in [0.1, 0.15) is 5.82 Å². The summed E-state index contributed by atoms with van der Waals surface area (Å²) in [4.78, 5) is 20.1. The molecule has 164 valence electrons. The summed E-state index contributed by atoms with van der Waals surface area (Å²) in [5, 5.41) is 23.4. The molecule has 3 rings (SSSR count). The molecule has 2 atom stereocenters. The van der Waals surface area contributed by atoms with Gasteiger partial charge in [-0.1, -0.05) is 42.3 Å². The number of aromatic amines is 1. The number of halogens is 2. The second kappa shape index (κ2) is 10.8. The average molecular weight is 462 g/mol. The monoisotopic (exact) mass is 461 g/mol. The maximum atomic E-state index is 12.8. The molecule has 0 radical (unpaired) electrons. The van der Waals surface area contributed by atoms with E-state index in [1.54, 1.807) is 42.7 Å². The van der Waals surface area contributed by atoms with Crippen molar-refractivity contribution < 1.29 is 15.0 Å². The lowest BCUT2D eigenvalue weighted by Gasteiger charge is -2.15. The second-order valence-electron chi connectivity index (χ2n) is 7.35. The van der Waals surface area contributed by atoms with Gasteiger partial charge in [-0.3, -0.25) is 4.79 Å². The Balaban J connectivity index is 1.78. The van der Waals surface area contributed by atoms with Crippen LogP contribution >= 0.6 is 23.2 Å². The minimum atomic E-state index is -0.345. The molecule has 2 aromatic heterocycles. The first-order valence-corrected chi connectivity index (χ1v) is 10.8. The zero-order valence-corrected chi connectivity index (χ0v) is 18.6. The normalized spacial score (nSPS) is 13.1. The van der Waals surface area contributed by atoms with Crippen molar-refractivity contribution in [2.24, 2.45) is 0 Å². The van der Waals surface area contributed by atoms with Crippen LogP contribution in [0.2, 0.25) is 10.0 Å². The Hall–Kier alpha value is -2.38. The van der Waals surface area contributed by atoms with Gasteiger partial charge in [0.05, 0.1) is 30.0 Å². The van der Waals surface area contributed by atoms with Crippen LogP contribution in [0.25, 0.3) is 11.1 Å². The van der Waals surface area contributed by atoms with Crippen molar-refractivity contribution in [1.29, 1.82) is 0 Å². The van der Waals surface area contributed by atoms with Crippen LogP contribution < -0.4 is 5.32 Å². The highest BCUT2D eigenvalue weighted by Crippen LogP contribution is 2.31. The average Bonchev–Trinajstić information content (AvgIpc) is 3.27. The van der Waals surface area contributed by atoms with E-state index < -0.39 is 0 Å². The maximum Gasteiger partial charge on any atom is 0.179 e. The summed E-state index contributed by atoms with van der Waals surface area (Å²) in [5.41, 5.74) is 2.71. The topological polar surface area (TPSA) is 98.2 Å². The Labute approximate surface area is 191 Å². The molecule has 0 bridgehead atoms. The molecule has 0 aliphatic carbocycles. The number of hydrogen-bond acceptors (Lipinski definition) is 5. The van der Waals surface area contributed by atoms with Crippen molar-refractivity contribution >= 4 is 34.8 Å². The third kappa shape index (κ3) is 5.86. The lowest BCUT2D eigenvalue weighted by atomic mass is 9.93. The van der Waals surface area contributed by atoms with Gasteiger partial charge in [0.2, 0.25) is 0 Å². The van der Waals surface area contributed by atoms with E-state index in [1.165, 1.54) is 0 Å². The fraction of sp³-hybridized carbons (Fsp3) is 0.304. The van der Waals surface area contributed by atoms with Gasteiger partial charge in [0, 0.05) is 40.9 Å². The number of nitrogens with zero attached hydrogens (tertiary/aromatic N) is 1. The molecule has 31 heavy (non-hydrogen) atoms. The molecule has 6 nitrogen and oxygen atoms in total. The number of aliphatic hydroxyl groups excluding tert-OH is 2. The number of aliphatic hydroxyl groups is 2. The highest BCUT2D eigenvalue weighted by Gasteiger charge is 2.19. The molecule has 8 heteroatoms. The molecule has 2 heterocycles. The lowest BCUT2D eigenvalue weighted by Crippen LogP contribution is -2.23. The zero-order chi connectivity index (χ0) is 22.4. The van der Waals surface area contributed by atoms with Crippen molar-refractivity contribution in [2.75, 3.05) is 18.5 Å². The number of ketones is 1. The Morgan fingerprint density at radius 3 is 2.68 bits per heavy atom. The molecule has 1 unspecified atom stereocenters. The summed E-state index contributed by atoms with van der Waals surface area (Å²) < 4.78 is 0. The van der Waals surface area contributed by atoms with Crippen LogP contribution in [0.1, 0.15) is 41.7 Å². The summed E-state index contributed by atoms with van der Waals surface area (Å²) in [6, 6.07) is 10.6. The first-order valence-electron chi connectivity index (χ1n) is 10.1. The second-order valence-corrected chi connectivity index (χ2v) is 8.19. The number of carbonyl (C=O) groups is 1. The molecule has 4 N–H and O–H groups in total. The van der Waals surface area contributed by atoms with E-state index in [9.17, 15) is 15.0 Å². The van der Waals surface area contributed by atoms with Gasteiger partial charge >= 0.3 is 0 Å². The Morgan fingerprint density at radius 1 is 1.19 bits per heavy atom. The van der Waals surface area contributed by atoms with E-state index >= 15 is 0 Å². The third-order valence-electron chi connectivity index (χ3n) is 5.19. The molecule has 0 fully saturated rings. The van der Waals surface area contributed by atoms with Gasteiger partial charge in [-0.25, -0.2) is 4.98 Å². The smallest absolute Gasteiger partial charge is 0.179 e. The molecule has 0 aliphatic rings. The minimum absolute atomic E-state index is 0.00239. The van der Waals surface area contributed by atoms with Gasteiger partial charge in [-0.2, -0.15) is 0 Å². The molecular formula is C23H25Cl2N3O3. The van der Waals surface area contributed by atoms with Crippen LogP contribution in [-0.2, 0) is 0 Å². The van der Waals surface area contributed by atoms with E-state index in [0.29, 0.717) is 21.6 Å². The van der Waals surface area contributed by atoms with Crippen LogP contribution in [0.5, 0.6) is 0 Å². The predicted octanol–water partition coefficient (Wildman–Crippen LogP) is 4.92. The van der Waals surface area contributed by atoms with E-state index in [4.69, 9.17) is 23.2 Å². The van der Waals surface area contributed by atoms with Crippen LogP contribution in [-0.4, -0.2) is 45.2 Å². The number of nitrogens with one attached hydrogen (secondary N) is 2. The lowest BCUT2D eigenvalue weighted by molar-refractivity contribution is 0.0956. The number of H-pyrrole nitrogens is 1. The number of hydrogen-bond donors (Lipinski definition) is 4. The minimum Gasteiger partial charge on any atom is -0.396 e. The molecule has 0 saturated carbocycles. The van der Waals surface area contributed by atoms with Crippen LogP contribution in [0.4, 0.5) is 5.82 Å². The third-order valence-corrected chi connectivity index (χ3v) is 5.72. The molecule has 1 aromatic carbocycles. The molecule has 3 aromatic rings. The fourth-order valence-electron chi connectivity index (χ4n) is 3.32. The van der Waals surface area contributed by atoms with E-state index in [2.05, 4.69) is 15.3 Å². The Morgan fingerprint density at radius 2 is 2.00 bits per heavy atom. The highest BCUT2D eigenvalue weighted by atomic mass is 35.5. The number of benzene rings is 1. The SMILES string of the molecule is CC[C@@H](CO)Nc1cc(-c2c[nH]c(C(=O)CC(CO)c3cccc(Cl)c3)c2)c(Cl)cn1. The number of pyridine rings is 1. The first kappa shape index (κ1) is 23.3. The van der Waals surface area contributed by atoms with Crippen molar-refractivity contribution in [3.8, 4) is 11.1 Å². The fourth-order valence-corrected chi connectivity index (χ4v) is 3.73. The number of rotatable bonds is 10. The van der Waals surface area contributed by atoms with Crippen molar-refractivity contribution in [1.82, 2.24) is 9.97 Å². The van der Waals surface area contributed by atoms with Gasteiger partial charge < -0.3 is 20.5 Å². The van der Waals surface area contributed by atoms with Crippen molar-refractivity contribution in [3.05, 3.63) is 70.1 Å². The Bertz CT molecular complexity index is 1030. The quantitative estimate of drug-likeness (QED) is 0.321. The van der Waals surface area contributed by atoms with E-state index in [1.807, 2.05) is 13.0 Å². The number of anilines is 1. The highest BCUT2D eigenvalue weighted by molar-refractivity contribution is 6.33. The summed E-state index contributed by atoms with van der Waals surface area (Å²) >= 11 is 12.4. The number of Topliss-reactive ketones (excluding diaryl/α,β-unsaturated/α-hetero) is 1. The molecule has 0 aliphatic heterocycles. The first-order chi connectivity index (χ1) is 14.9. The standard InChI is InChI=1S/C23H25Cl2N3O3/c1-2-18(13-30)28-23-9-19(20(25)11-27-23)15-7-21(26-10-15)22(31)8-16(12-29)14-4-3-5-17(24)6-14/h3-7,9-11,16,18,26,29-30H,2,8,12-13H2,1H3,(H,27,28)/t16?,18-/m0/s1. The molecule has 0 saturated heterocycles. The summed E-state index contributed by atoms with van der Waals surface area (Å²) in [6.45, 7) is 1.81. The largest absolute Gasteiger partial charge is 0.396 e. The molecule has 0 amide bonds. The van der Waals surface area contributed by atoms with Crippen LogP contribution in [0.15, 0.2) is 48.8 Å². The molecular weight excluding hydrogens is 437 g/mol. The summed E-state index contributed by atoms with van der Waals surface area (Å²) in [6.07, 6.45) is 4.15. The predicted molar refractivity (Wildman–Crippen MR) is 124 cm³/mol. The van der Waals surface area contributed by atoms with Gasteiger partial charge in [-0.15, -0.1) is 0 Å². The van der Waals surface area contributed by atoms with Crippen molar-refractivity contribution in [3.63, 3.8) is 0 Å². The van der Waals surface area contributed by atoms with E-state index in [-0.39, 0.29) is 37.4 Å². The van der Waals surface area contributed by atoms with Crippen LogP contribution in [0, 0.1) is 0 Å². The molecule has 0 spiro atoms. The zero-order valence-electron chi connectivity index (χ0n) is 17.1. The van der Waals surface area contributed by atoms with E-state index in [0.717, 1.165) is 23.1 Å².